The average molecular weight is 288 g/mol. The van der Waals surface area contributed by atoms with Crippen LogP contribution in [0.3, 0.4) is 0 Å². The molecule has 108 valence electrons. The molecule has 3 nitrogen and oxygen atoms in total. The molecule has 3 heteroatoms. The predicted octanol–water partition coefficient (Wildman–Crippen LogP) is 4.31. The van der Waals surface area contributed by atoms with E-state index < -0.39 is 0 Å². The van der Waals surface area contributed by atoms with Gasteiger partial charge in [-0.25, -0.2) is 0 Å². The second-order valence-electron chi connectivity index (χ2n) is 5.48. The molecular formula is C19H16N2O. The van der Waals surface area contributed by atoms with Crippen LogP contribution >= 0.6 is 0 Å². The normalized spacial score (nSPS) is 12.2. The molecule has 3 N–H and O–H groups in total. The predicted molar refractivity (Wildman–Crippen MR) is 94.4 cm³/mol. The van der Waals surface area contributed by atoms with Gasteiger partial charge in [-0.15, -0.1) is 0 Å². The largest absolute Gasteiger partial charge is 0.507 e. The topological polar surface area (TPSA) is 58.6 Å². The lowest BCUT2D eigenvalue weighted by Gasteiger charge is -2.15. The van der Waals surface area contributed by atoms with Crippen LogP contribution < -0.4 is 5.73 Å². The van der Waals surface area contributed by atoms with Gasteiger partial charge in [-0.3, -0.25) is 4.99 Å². The van der Waals surface area contributed by atoms with Gasteiger partial charge in [-0.05, 0) is 29.1 Å². The van der Waals surface area contributed by atoms with Crippen LogP contribution in [0.1, 0.15) is 12.5 Å². The van der Waals surface area contributed by atoms with Crippen LogP contribution in [0.5, 0.6) is 5.75 Å². The van der Waals surface area contributed by atoms with Gasteiger partial charge in [-0.2, -0.15) is 0 Å². The summed E-state index contributed by atoms with van der Waals surface area (Å²) in [7, 11) is 0. The summed E-state index contributed by atoms with van der Waals surface area (Å²) in [5.41, 5.74) is 7.51. The third kappa shape index (κ3) is 1.59. The summed E-state index contributed by atoms with van der Waals surface area (Å²) in [5.74, 6) is 0.209. The molecule has 0 aliphatic carbocycles. The number of aromatic hydroxyl groups is 1. The molecule has 0 amide bonds. The van der Waals surface area contributed by atoms with E-state index in [0.717, 1.165) is 32.3 Å². The lowest BCUT2D eigenvalue weighted by Crippen LogP contribution is -1.98. The van der Waals surface area contributed by atoms with Crippen LogP contribution in [0, 0.1) is 0 Å². The van der Waals surface area contributed by atoms with Crippen molar-refractivity contribution in [1.82, 2.24) is 0 Å². The quantitative estimate of drug-likeness (QED) is 0.328. The number of aliphatic imine (C=N–C) groups is 1. The van der Waals surface area contributed by atoms with E-state index in [1.807, 2.05) is 31.2 Å². The molecular weight excluding hydrogens is 272 g/mol. The van der Waals surface area contributed by atoms with Crippen molar-refractivity contribution in [3.63, 3.8) is 0 Å². The van der Waals surface area contributed by atoms with Crippen molar-refractivity contribution < 1.29 is 5.11 Å². The van der Waals surface area contributed by atoms with Crippen LogP contribution in [0.15, 0.2) is 47.5 Å². The highest BCUT2D eigenvalue weighted by Gasteiger charge is 2.17. The van der Waals surface area contributed by atoms with Crippen LogP contribution in [0.2, 0.25) is 0 Å². The third-order valence-electron chi connectivity index (χ3n) is 4.27. The van der Waals surface area contributed by atoms with E-state index in [1.165, 1.54) is 0 Å². The molecule has 0 fully saturated rings. The number of phenols is 1. The Hall–Kier alpha value is -2.81. The average Bonchev–Trinajstić information content (AvgIpc) is 2.55. The first kappa shape index (κ1) is 12.9. The maximum Gasteiger partial charge on any atom is 0.134 e. The van der Waals surface area contributed by atoms with Crippen molar-refractivity contribution >= 4 is 44.2 Å². The number of rotatable bonds is 2. The van der Waals surface area contributed by atoms with Gasteiger partial charge in [-0.1, -0.05) is 36.4 Å². The number of phenolic OH excluding ortho intramolecular Hbond substituents is 1. The summed E-state index contributed by atoms with van der Waals surface area (Å²) < 4.78 is 0. The number of hydrogen-bond acceptors (Lipinski definition) is 3. The minimum absolute atomic E-state index is 0.209. The molecule has 0 atom stereocenters. The van der Waals surface area contributed by atoms with Gasteiger partial charge in [0, 0.05) is 28.9 Å². The Balaban J connectivity index is 2.27. The van der Waals surface area contributed by atoms with Crippen molar-refractivity contribution in [3.8, 4) is 5.75 Å². The molecule has 22 heavy (non-hydrogen) atoms. The molecule has 4 rings (SSSR count). The van der Waals surface area contributed by atoms with E-state index in [-0.39, 0.29) is 5.75 Å². The summed E-state index contributed by atoms with van der Waals surface area (Å²) >= 11 is 0. The highest BCUT2D eigenvalue weighted by atomic mass is 16.3. The zero-order valence-electron chi connectivity index (χ0n) is 12.3. The second-order valence-corrected chi connectivity index (χ2v) is 5.48. The molecule has 0 aromatic heterocycles. The first-order chi connectivity index (χ1) is 10.7. The fourth-order valence-electron chi connectivity index (χ4n) is 3.24. The second kappa shape index (κ2) is 4.60. The Bertz CT molecular complexity index is 964. The number of benzene rings is 4. The Morgan fingerprint density at radius 1 is 1.00 bits per heavy atom. The first-order valence-electron chi connectivity index (χ1n) is 7.40. The molecule has 0 saturated heterocycles. The molecule has 0 aliphatic rings. The minimum atomic E-state index is 0.209. The number of anilines is 1. The monoisotopic (exact) mass is 288 g/mol. The van der Waals surface area contributed by atoms with Crippen LogP contribution in [0.4, 0.5) is 5.69 Å². The molecule has 0 spiro atoms. The lowest BCUT2D eigenvalue weighted by atomic mass is 9.91. The first-order valence-corrected chi connectivity index (χ1v) is 7.40. The van der Waals surface area contributed by atoms with Crippen molar-refractivity contribution in [2.75, 3.05) is 12.3 Å². The minimum Gasteiger partial charge on any atom is -0.507 e. The summed E-state index contributed by atoms with van der Waals surface area (Å²) in [5, 5.41) is 16.9. The van der Waals surface area contributed by atoms with Crippen LogP contribution in [-0.2, 0) is 0 Å². The maximum absolute atomic E-state index is 10.7. The molecule has 0 bridgehead atoms. The van der Waals surface area contributed by atoms with Gasteiger partial charge in [0.25, 0.3) is 0 Å². The van der Waals surface area contributed by atoms with E-state index in [1.54, 1.807) is 6.21 Å². The molecule has 0 unspecified atom stereocenters. The van der Waals surface area contributed by atoms with E-state index >= 15 is 0 Å². The summed E-state index contributed by atoms with van der Waals surface area (Å²) in [6, 6.07) is 14.3. The zero-order valence-corrected chi connectivity index (χ0v) is 12.3. The molecule has 0 saturated carbocycles. The van der Waals surface area contributed by atoms with Crippen LogP contribution in [0.25, 0.3) is 32.3 Å². The van der Waals surface area contributed by atoms with Gasteiger partial charge < -0.3 is 10.8 Å². The Morgan fingerprint density at radius 3 is 2.36 bits per heavy atom. The maximum atomic E-state index is 10.7. The molecule has 0 aliphatic heterocycles. The number of nitrogens with zero attached hydrogens (tertiary/aromatic N) is 1. The standard InChI is InChI=1S/C19H16N2O/c1-2-21-10-15-18(20)13-8-6-11-4-3-5-12-7-9-14(19(15)22)17(13)16(11)12/h3-10,22H,2,20H2,1H3. The Morgan fingerprint density at radius 2 is 1.68 bits per heavy atom. The molecule has 4 aromatic rings. The Labute approximate surface area is 128 Å². The van der Waals surface area contributed by atoms with Gasteiger partial charge in [0.05, 0.1) is 11.3 Å². The highest BCUT2D eigenvalue weighted by molar-refractivity contribution is 6.28. The van der Waals surface area contributed by atoms with Gasteiger partial charge >= 0.3 is 0 Å². The fourth-order valence-corrected chi connectivity index (χ4v) is 3.24. The van der Waals surface area contributed by atoms with Gasteiger partial charge in [0.2, 0.25) is 0 Å². The van der Waals surface area contributed by atoms with Crippen molar-refractivity contribution in [2.24, 2.45) is 4.99 Å². The smallest absolute Gasteiger partial charge is 0.134 e. The van der Waals surface area contributed by atoms with Crippen molar-refractivity contribution in [3.05, 3.63) is 48.0 Å². The SMILES string of the molecule is CCN=Cc1c(N)c2ccc3cccc4ccc(c1O)c2c34. The summed E-state index contributed by atoms with van der Waals surface area (Å²) in [6.07, 6.45) is 1.67. The van der Waals surface area contributed by atoms with Crippen molar-refractivity contribution in [1.29, 1.82) is 0 Å². The van der Waals surface area contributed by atoms with E-state index in [9.17, 15) is 5.11 Å². The zero-order chi connectivity index (χ0) is 15.3. The molecule has 0 radical (unpaired) electrons. The van der Waals surface area contributed by atoms with E-state index in [2.05, 4.69) is 23.2 Å². The highest BCUT2D eigenvalue weighted by Crippen LogP contribution is 2.43. The fraction of sp³-hybridized carbons (Fsp3) is 0.105. The molecule has 0 heterocycles. The van der Waals surface area contributed by atoms with E-state index in [4.69, 9.17) is 5.73 Å². The van der Waals surface area contributed by atoms with E-state index in [0.29, 0.717) is 17.8 Å². The van der Waals surface area contributed by atoms with Crippen LogP contribution in [-0.4, -0.2) is 17.9 Å². The third-order valence-corrected chi connectivity index (χ3v) is 4.27. The number of nitrogen functional groups attached to an aromatic ring is 1. The Kier molecular flexibility index (Phi) is 2.70. The number of hydrogen-bond donors (Lipinski definition) is 2. The molecule has 4 aromatic carbocycles. The van der Waals surface area contributed by atoms with Crippen molar-refractivity contribution in [2.45, 2.75) is 6.92 Å². The summed E-state index contributed by atoms with van der Waals surface area (Å²) in [4.78, 5) is 4.23. The van der Waals surface area contributed by atoms with Gasteiger partial charge in [0.1, 0.15) is 5.75 Å². The summed E-state index contributed by atoms with van der Waals surface area (Å²) in [6.45, 7) is 2.61. The van der Waals surface area contributed by atoms with Gasteiger partial charge in [0.15, 0.2) is 0 Å². The lowest BCUT2D eigenvalue weighted by molar-refractivity contribution is 0.481. The number of nitrogens with two attached hydrogens (primary N) is 1.